The number of carboxylic acids is 1. The van der Waals surface area contributed by atoms with Gasteiger partial charge < -0.3 is 5.11 Å². The number of rotatable bonds is 5. The first-order chi connectivity index (χ1) is 9.56. The standard InChI is InChI=1S/C15H15ClN2O2/c1-10-4-2-3-5-11(10)6-12(15(19)20)7-13-8-18-14(16)9-17-13/h2-5,8-9,12H,6-7H2,1H3,(H,19,20). The molecule has 0 aliphatic carbocycles. The summed E-state index contributed by atoms with van der Waals surface area (Å²) in [6, 6.07) is 7.80. The van der Waals surface area contributed by atoms with Crippen LogP contribution >= 0.6 is 11.6 Å². The van der Waals surface area contributed by atoms with E-state index in [1.807, 2.05) is 31.2 Å². The Morgan fingerprint density at radius 3 is 2.60 bits per heavy atom. The summed E-state index contributed by atoms with van der Waals surface area (Å²) in [6.07, 6.45) is 3.78. The van der Waals surface area contributed by atoms with E-state index in [-0.39, 0.29) is 0 Å². The highest BCUT2D eigenvalue weighted by Gasteiger charge is 2.20. The van der Waals surface area contributed by atoms with E-state index in [1.165, 1.54) is 12.4 Å². The largest absolute Gasteiger partial charge is 0.481 e. The van der Waals surface area contributed by atoms with Gasteiger partial charge in [0.2, 0.25) is 0 Å². The monoisotopic (exact) mass is 290 g/mol. The molecule has 5 heteroatoms. The van der Waals surface area contributed by atoms with E-state index >= 15 is 0 Å². The quantitative estimate of drug-likeness (QED) is 0.919. The number of carbonyl (C=O) groups is 1. The number of aromatic nitrogens is 2. The maximum atomic E-state index is 11.4. The Morgan fingerprint density at radius 2 is 2.00 bits per heavy atom. The van der Waals surface area contributed by atoms with Gasteiger partial charge in [-0.15, -0.1) is 0 Å². The molecule has 0 bridgehead atoms. The van der Waals surface area contributed by atoms with Crippen LogP contribution in [0.15, 0.2) is 36.7 Å². The van der Waals surface area contributed by atoms with Crippen molar-refractivity contribution in [3.63, 3.8) is 0 Å². The third-order valence-corrected chi connectivity index (χ3v) is 3.40. The van der Waals surface area contributed by atoms with Crippen molar-refractivity contribution in [2.75, 3.05) is 0 Å². The Morgan fingerprint density at radius 1 is 1.25 bits per heavy atom. The molecule has 1 heterocycles. The maximum Gasteiger partial charge on any atom is 0.307 e. The first kappa shape index (κ1) is 14.5. The van der Waals surface area contributed by atoms with Crippen LogP contribution in [-0.2, 0) is 17.6 Å². The number of nitrogens with zero attached hydrogens (tertiary/aromatic N) is 2. The molecule has 4 nitrogen and oxygen atoms in total. The van der Waals surface area contributed by atoms with Gasteiger partial charge in [0.05, 0.1) is 24.0 Å². The highest BCUT2D eigenvalue weighted by atomic mass is 35.5. The molecule has 2 rings (SSSR count). The average molecular weight is 291 g/mol. The summed E-state index contributed by atoms with van der Waals surface area (Å²) in [5, 5.41) is 9.67. The summed E-state index contributed by atoms with van der Waals surface area (Å²) in [6.45, 7) is 1.98. The fraction of sp³-hybridized carbons (Fsp3) is 0.267. The maximum absolute atomic E-state index is 11.4. The molecular weight excluding hydrogens is 276 g/mol. The smallest absolute Gasteiger partial charge is 0.307 e. The lowest BCUT2D eigenvalue weighted by molar-refractivity contribution is -0.141. The molecule has 2 aromatic rings. The van der Waals surface area contributed by atoms with Crippen molar-refractivity contribution in [3.05, 3.63) is 58.6 Å². The number of halogens is 1. The minimum absolute atomic E-state index is 0.305. The van der Waals surface area contributed by atoms with Gasteiger partial charge in [0, 0.05) is 6.42 Å². The summed E-state index contributed by atoms with van der Waals surface area (Å²) in [4.78, 5) is 19.4. The van der Waals surface area contributed by atoms with Gasteiger partial charge in [-0.1, -0.05) is 35.9 Å². The van der Waals surface area contributed by atoms with E-state index < -0.39 is 11.9 Å². The van der Waals surface area contributed by atoms with Crippen LogP contribution < -0.4 is 0 Å². The van der Waals surface area contributed by atoms with Gasteiger partial charge in [0.1, 0.15) is 5.15 Å². The molecule has 0 aliphatic heterocycles. The normalized spacial score (nSPS) is 12.1. The molecule has 20 heavy (non-hydrogen) atoms. The highest BCUT2D eigenvalue weighted by molar-refractivity contribution is 6.29. The van der Waals surface area contributed by atoms with Gasteiger partial charge in [0.15, 0.2) is 0 Å². The second-order valence-electron chi connectivity index (χ2n) is 4.70. The summed E-state index contributed by atoms with van der Waals surface area (Å²) >= 11 is 5.67. The van der Waals surface area contributed by atoms with Crippen LogP contribution in [-0.4, -0.2) is 21.0 Å². The van der Waals surface area contributed by atoms with Crippen molar-refractivity contribution in [2.24, 2.45) is 5.92 Å². The summed E-state index contributed by atoms with van der Waals surface area (Å²) in [5.74, 6) is -1.35. The van der Waals surface area contributed by atoms with Crippen molar-refractivity contribution in [2.45, 2.75) is 19.8 Å². The lowest BCUT2D eigenvalue weighted by Crippen LogP contribution is -2.20. The fourth-order valence-electron chi connectivity index (χ4n) is 2.05. The topological polar surface area (TPSA) is 63.1 Å². The van der Waals surface area contributed by atoms with Gasteiger partial charge in [0.25, 0.3) is 0 Å². The van der Waals surface area contributed by atoms with Crippen molar-refractivity contribution < 1.29 is 9.90 Å². The van der Waals surface area contributed by atoms with Gasteiger partial charge in [-0.25, -0.2) is 4.98 Å². The predicted octanol–water partition coefficient (Wildman–Crippen LogP) is 2.92. The third kappa shape index (κ3) is 3.78. The first-order valence-electron chi connectivity index (χ1n) is 6.30. The van der Waals surface area contributed by atoms with E-state index in [0.29, 0.717) is 23.7 Å². The van der Waals surface area contributed by atoms with Gasteiger partial charge in [-0.2, -0.15) is 0 Å². The molecule has 1 unspecified atom stereocenters. The second kappa shape index (κ2) is 6.48. The molecule has 0 spiro atoms. The van der Waals surface area contributed by atoms with Crippen LogP contribution in [0.1, 0.15) is 16.8 Å². The van der Waals surface area contributed by atoms with Crippen LogP contribution in [0, 0.1) is 12.8 Å². The van der Waals surface area contributed by atoms with Crippen LogP contribution in [0.4, 0.5) is 0 Å². The number of hydrogen-bond donors (Lipinski definition) is 1. The van der Waals surface area contributed by atoms with Crippen LogP contribution in [0.5, 0.6) is 0 Å². The van der Waals surface area contributed by atoms with E-state index in [2.05, 4.69) is 9.97 Å². The predicted molar refractivity (Wildman–Crippen MR) is 76.8 cm³/mol. The zero-order valence-electron chi connectivity index (χ0n) is 11.1. The van der Waals surface area contributed by atoms with Crippen molar-refractivity contribution >= 4 is 17.6 Å². The number of hydrogen-bond acceptors (Lipinski definition) is 3. The zero-order valence-corrected chi connectivity index (χ0v) is 11.8. The molecule has 104 valence electrons. The molecule has 0 radical (unpaired) electrons. The molecule has 0 aliphatic rings. The molecule has 1 atom stereocenters. The average Bonchev–Trinajstić information content (AvgIpc) is 2.42. The molecular formula is C15H15ClN2O2. The minimum atomic E-state index is -0.829. The van der Waals surface area contributed by atoms with Crippen LogP contribution in [0.2, 0.25) is 5.15 Å². The molecule has 0 saturated heterocycles. The third-order valence-electron chi connectivity index (χ3n) is 3.21. The SMILES string of the molecule is Cc1ccccc1CC(Cc1cnc(Cl)cn1)C(=O)O. The van der Waals surface area contributed by atoms with Crippen LogP contribution in [0.25, 0.3) is 0 Å². The molecule has 0 fully saturated rings. The summed E-state index contributed by atoms with van der Waals surface area (Å²) in [5.41, 5.74) is 2.78. The van der Waals surface area contributed by atoms with E-state index in [0.717, 1.165) is 11.1 Å². The molecule has 1 aromatic heterocycles. The Labute approximate surface area is 122 Å². The van der Waals surface area contributed by atoms with Crippen molar-refractivity contribution in [1.29, 1.82) is 0 Å². The van der Waals surface area contributed by atoms with Crippen molar-refractivity contribution in [3.8, 4) is 0 Å². The highest BCUT2D eigenvalue weighted by Crippen LogP contribution is 2.17. The van der Waals surface area contributed by atoms with E-state index in [4.69, 9.17) is 11.6 Å². The molecule has 0 amide bonds. The van der Waals surface area contributed by atoms with Crippen molar-refractivity contribution in [1.82, 2.24) is 9.97 Å². The minimum Gasteiger partial charge on any atom is -0.481 e. The Kier molecular flexibility index (Phi) is 4.69. The Bertz CT molecular complexity index is 599. The number of benzene rings is 1. The lowest BCUT2D eigenvalue weighted by atomic mass is 9.93. The fourth-order valence-corrected chi connectivity index (χ4v) is 2.15. The zero-order chi connectivity index (χ0) is 14.5. The number of carboxylic acid groups (broad SMARTS) is 1. The summed E-state index contributed by atoms with van der Waals surface area (Å²) in [7, 11) is 0. The van der Waals surface area contributed by atoms with Gasteiger partial charge in [-0.3, -0.25) is 9.78 Å². The summed E-state index contributed by atoms with van der Waals surface area (Å²) < 4.78 is 0. The number of aliphatic carboxylic acids is 1. The molecule has 0 saturated carbocycles. The Hall–Kier alpha value is -1.94. The Balaban J connectivity index is 2.14. The first-order valence-corrected chi connectivity index (χ1v) is 6.68. The second-order valence-corrected chi connectivity index (χ2v) is 5.09. The van der Waals surface area contributed by atoms with E-state index in [9.17, 15) is 9.90 Å². The van der Waals surface area contributed by atoms with Gasteiger partial charge in [-0.05, 0) is 24.5 Å². The lowest BCUT2D eigenvalue weighted by Gasteiger charge is -2.13. The number of aryl methyl sites for hydroxylation is 1. The van der Waals surface area contributed by atoms with Crippen LogP contribution in [0.3, 0.4) is 0 Å². The molecule has 1 aromatic carbocycles. The molecule has 1 N–H and O–H groups in total. The van der Waals surface area contributed by atoms with E-state index in [1.54, 1.807) is 0 Å². The van der Waals surface area contributed by atoms with Gasteiger partial charge >= 0.3 is 5.97 Å².